The Morgan fingerprint density at radius 3 is 2.69 bits per heavy atom. The fourth-order valence-corrected chi connectivity index (χ4v) is 4.05. The first-order valence-electron chi connectivity index (χ1n) is 9.92. The molecule has 1 fully saturated rings. The largest absolute Gasteiger partial charge is 0.381 e. The van der Waals surface area contributed by atoms with Crippen molar-refractivity contribution in [2.75, 3.05) is 24.8 Å². The summed E-state index contributed by atoms with van der Waals surface area (Å²) >= 11 is 0. The average Bonchev–Trinajstić information content (AvgIpc) is 3.40. The first-order chi connectivity index (χ1) is 14.2. The third kappa shape index (κ3) is 3.27. The van der Waals surface area contributed by atoms with Gasteiger partial charge in [0.05, 0.1) is 11.8 Å². The van der Waals surface area contributed by atoms with Gasteiger partial charge in [0.15, 0.2) is 11.5 Å². The van der Waals surface area contributed by atoms with Gasteiger partial charge >= 0.3 is 0 Å². The Hall–Kier alpha value is -3.20. The van der Waals surface area contributed by atoms with E-state index >= 15 is 0 Å². The number of ether oxygens (including phenoxy) is 1. The minimum absolute atomic E-state index is 0.365. The molecule has 2 N–H and O–H groups in total. The van der Waals surface area contributed by atoms with Crippen molar-refractivity contribution in [2.45, 2.75) is 37.8 Å². The molecule has 150 valence electrons. The maximum Gasteiger partial charge on any atom is 0.243 e. The van der Waals surface area contributed by atoms with Crippen molar-refractivity contribution in [3.63, 3.8) is 0 Å². The van der Waals surface area contributed by atoms with E-state index in [-0.39, 0.29) is 0 Å². The van der Waals surface area contributed by atoms with Gasteiger partial charge in [-0.05, 0) is 43.9 Å². The fraction of sp³-hybridized carbons (Fsp3) is 0.400. The molecule has 1 saturated carbocycles. The highest BCUT2D eigenvalue weighted by Gasteiger charge is 2.22. The summed E-state index contributed by atoms with van der Waals surface area (Å²) in [5.74, 6) is 1.39. The highest BCUT2D eigenvalue weighted by Crippen LogP contribution is 2.30. The van der Waals surface area contributed by atoms with E-state index in [1.807, 2.05) is 42.2 Å². The summed E-state index contributed by atoms with van der Waals surface area (Å²) in [6.07, 6.45) is 10.1. The van der Waals surface area contributed by atoms with Crippen LogP contribution in [0, 0.1) is 0 Å². The molecule has 0 bridgehead atoms. The van der Waals surface area contributed by atoms with Crippen LogP contribution in [0.25, 0.3) is 22.4 Å². The lowest BCUT2D eigenvalue weighted by Crippen LogP contribution is -2.30. The van der Waals surface area contributed by atoms with Gasteiger partial charge in [-0.15, -0.1) is 5.10 Å². The second-order valence-electron chi connectivity index (χ2n) is 7.36. The van der Waals surface area contributed by atoms with Crippen LogP contribution in [0.4, 0.5) is 11.8 Å². The highest BCUT2D eigenvalue weighted by molar-refractivity contribution is 5.87. The van der Waals surface area contributed by atoms with E-state index in [1.54, 1.807) is 17.8 Å². The van der Waals surface area contributed by atoms with Gasteiger partial charge in [-0.3, -0.25) is 0 Å². The maximum atomic E-state index is 5.47. The number of nitrogens with one attached hydrogen (secondary N) is 2. The Morgan fingerprint density at radius 1 is 1.03 bits per heavy atom. The van der Waals surface area contributed by atoms with Crippen molar-refractivity contribution >= 4 is 22.9 Å². The molecule has 0 unspecified atom stereocenters. The summed E-state index contributed by atoms with van der Waals surface area (Å²) < 4.78 is 9.09. The zero-order chi connectivity index (χ0) is 19.8. The maximum absolute atomic E-state index is 5.47. The first kappa shape index (κ1) is 17.9. The lowest BCUT2D eigenvalue weighted by atomic mass is 9.93. The van der Waals surface area contributed by atoms with Crippen LogP contribution in [0.3, 0.4) is 0 Å². The van der Waals surface area contributed by atoms with E-state index in [4.69, 9.17) is 14.8 Å². The predicted octanol–water partition coefficient (Wildman–Crippen LogP) is 2.85. The Morgan fingerprint density at radius 2 is 1.90 bits per heavy atom. The number of nitrogens with zero attached hydrogens (tertiary/aromatic N) is 6. The molecule has 0 spiro atoms. The zero-order valence-electron chi connectivity index (χ0n) is 16.5. The van der Waals surface area contributed by atoms with Crippen LogP contribution in [0.1, 0.15) is 25.7 Å². The molecule has 0 aromatic carbocycles. The number of rotatable bonds is 5. The zero-order valence-corrected chi connectivity index (χ0v) is 16.5. The first-order valence-corrected chi connectivity index (χ1v) is 9.92. The molecule has 5 rings (SSSR count). The summed E-state index contributed by atoms with van der Waals surface area (Å²) in [5.41, 5.74) is 3.53. The van der Waals surface area contributed by atoms with Crippen LogP contribution >= 0.6 is 0 Å². The third-order valence-electron chi connectivity index (χ3n) is 5.62. The molecule has 0 atom stereocenters. The lowest BCUT2D eigenvalue weighted by molar-refractivity contribution is 0.0681. The summed E-state index contributed by atoms with van der Waals surface area (Å²) in [6, 6.07) is 6.31. The smallest absolute Gasteiger partial charge is 0.243 e. The van der Waals surface area contributed by atoms with E-state index in [9.17, 15) is 0 Å². The molecule has 0 saturated heterocycles. The minimum atomic E-state index is 0.365. The standard InChI is InChI=1S/C20H24N8O/c1-21-19-18-15(16-7-8-17-22-10-12-27(17)25-16)9-11-28(18)26-20(24-19)23-13-3-5-14(29-2)6-4-13/h7-14H,3-6H2,1-2H3,(H2,21,23,24,26). The van der Waals surface area contributed by atoms with Crippen LogP contribution in [0.2, 0.25) is 0 Å². The Kier molecular flexibility index (Phi) is 4.51. The topological polar surface area (TPSA) is 93.7 Å². The molecular formula is C20H24N8O. The van der Waals surface area contributed by atoms with Crippen LogP contribution in [0.5, 0.6) is 0 Å². The summed E-state index contributed by atoms with van der Waals surface area (Å²) in [5, 5.41) is 16.1. The number of hydrogen-bond acceptors (Lipinski definition) is 7. The van der Waals surface area contributed by atoms with Gasteiger partial charge in [0, 0.05) is 44.4 Å². The second-order valence-corrected chi connectivity index (χ2v) is 7.36. The van der Waals surface area contributed by atoms with E-state index in [0.717, 1.165) is 53.9 Å². The molecule has 9 nitrogen and oxygen atoms in total. The summed E-state index contributed by atoms with van der Waals surface area (Å²) in [4.78, 5) is 8.99. The molecule has 29 heavy (non-hydrogen) atoms. The van der Waals surface area contributed by atoms with Crippen molar-refractivity contribution in [3.8, 4) is 11.3 Å². The van der Waals surface area contributed by atoms with Crippen LogP contribution < -0.4 is 10.6 Å². The minimum Gasteiger partial charge on any atom is -0.381 e. The van der Waals surface area contributed by atoms with E-state index < -0.39 is 0 Å². The number of aromatic nitrogens is 6. The molecule has 0 radical (unpaired) electrons. The highest BCUT2D eigenvalue weighted by atomic mass is 16.5. The second kappa shape index (κ2) is 7.32. The van der Waals surface area contributed by atoms with Gasteiger partial charge in [0.1, 0.15) is 5.52 Å². The van der Waals surface area contributed by atoms with Gasteiger partial charge in [-0.25, -0.2) is 14.0 Å². The summed E-state index contributed by atoms with van der Waals surface area (Å²) in [6.45, 7) is 0. The average molecular weight is 392 g/mol. The van der Waals surface area contributed by atoms with Crippen LogP contribution in [0.15, 0.2) is 36.8 Å². The quantitative estimate of drug-likeness (QED) is 0.539. The molecule has 4 heterocycles. The van der Waals surface area contributed by atoms with Crippen molar-refractivity contribution in [3.05, 3.63) is 36.8 Å². The lowest BCUT2D eigenvalue weighted by Gasteiger charge is -2.28. The molecule has 4 aromatic heterocycles. The van der Waals surface area contributed by atoms with Crippen molar-refractivity contribution in [2.24, 2.45) is 0 Å². The fourth-order valence-electron chi connectivity index (χ4n) is 4.05. The van der Waals surface area contributed by atoms with Gasteiger partial charge in [-0.2, -0.15) is 10.1 Å². The monoisotopic (exact) mass is 392 g/mol. The molecule has 9 heteroatoms. The van der Waals surface area contributed by atoms with Gasteiger partial charge < -0.3 is 15.4 Å². The van der Waals surface area contributed by atoms with E-state index in [2.05, 4.69) is 20.7 Å². The third-order valence-corrected chi connectivity index (χ3v) is 5.62. The van der Waals surface area contributed by atoms with Gasteiger partial charge in [0.25, 0.3) is 0 Å². The van der Waals surface area contributed by atoms with Crippen molar-refractivity contribution < 1.29 is 4.74 Å². The van der Waals surface area contributed by atoms with Crippen LogP contribution in [-0.2, 0) is 4.74 Å². The molecule has 0 amide bonds. The Bertz CT molecular complexity index is 1140. The molecule has 1 aliphatic rings. The number of fused-ring (bicyclic) bond motifs is 2. The van der Waals surface area contributed by atoms with Crippen molar-refractivity contribution in [1.82, 2.24) is 29.2 Å². The number of hydrogen-bond donors (Lipinski definition) is 2. The number of anilines is 2. The normalized spacial score (nSPS) is 19.7. The van der Waals surface area contributed by atoms with Gasteiger partial charge in [-0.1, -0.05) is 0 Å². The number of methoxy groups -OCH3 is 1. The SMILES string of the molecule is CNc1nc(NC2CCC(OC)CC2)nn2ccc(-c3ccc4nccn4n3)c12. The molecular weight excluding hydrogens is 368 g/mol. The van der Waals surface area contributed by atoms with E-state index in [0.29, 0.717) is 18.1 Å². The van der Waals surface area contributed by atoms with Crippen molar-refractivity contribution in [1.29, 1.82) is 0 Å². The molecule has 1 aliphatic carbocycles. The van der Waals surface area contributed by atoms with Gasteiger partial charge in [0.2, 0.25) is 5.95 Å². The Balaban J connectivity index is 1.47. The predicted molar refractivity (Wildman–Crippen MR) is 111 cm³/mol. The van der Waals surface area contributed by atoms with Crippen LogP contribution in [-0.4, -0.2) is 55.5 Å². The molecule has 4 aromatic rings. The summed E-state index contributed by atoms with van der Waals surface area (Å²) in [7, 11) is 3.66. The van der Waals surface area contributed by atoms with E-state index in [1.165, 1.54) is 0 Å². The Labute approximate surface area is 168 Å². The number of imidazole rings is 1. The molecule has 0 aliphatic heterocycles.